The van der Waals surface area contributed by atoms with Gasteiger partial charge in [-0.15, -0.1) is 0 Å². The third-order valence-electron chi connectivity index (χ3n) is 5.35. The normalized spacial score (nSPS) is 27.5. The Hall–Kier alpha value is -2.13. The van der Waals surface area contributed by atoms with Crippen LogP contribution in [0.4, 0.5) is 0 Å². The molecule has 2 fully saturated rings. The van der Waals surface area contributed by atoms with Crippen molar-refractivity contribution >= 4 is 21.8 Å². The highest BCUT2D eigenvalue weighted by Crippen LogP contribution is 2.33. The number of ether oxygens (including phenoxy) is 1. The first-order valence-corrected chi connectivity index (χ1v) is 9.83. The van der Waals surface area contributed by atoms with Crippen LogP contribution >= 0.6 is 0 Å². The second-order valence-corrected chi connectivity index (χ2v) is 8.56. The van der Waals surface area contributed by atoms with E-state index in [0.717, 1.165) is 0 Å². The van der Waals surface area contributed by atoms with E-state index in [0.29, 0.717) is 12.2 Å². The Labute approximate surface area is 153 Å². The van der Waals surface area contributed by atoms with Gasteiger partial charge in [0.25, 0.3) is 0 Å². The minimum atomic E-state index is -3.90. The average molecular weight is 381 g/mol. The van der Waals surface area contributed by atoms with E-state index < -0.39 is 28.1 Å². The summed E-state index contributed by atoms with van der Waals surface area (Å²) < 4.78 is 32.7. The zero-order chi connectivity index (χ0) is 19.2. The highest BCUT2D eigenvalue weighted by Gasteiger charge is 2.52. The molecule has 1 aromatic rings. The second kappa shape index (κ2) is 6.55. The number of likely N-dealkylation sites (N-methyl/N-ethyl adjacent to an activating group) is 2. The topological polar surface area (TPSA) is 87.2 Å². The number of nitrogens with zero attached hydrogens (tertiary/aromatic N) is 3. The first kappa shape index (κ1) is 18.7. The molecule has 9 heteroatoms. The van der Waals surface area contributed by atoms with Crippen LogP contribution in [0, 0.1) is 0 Å². The van der Waals surface area contributed by atoms with Gasteiger partial charge >= 0.3 is 0 Å². The molecule has 8 nitrogen and oxygen atoms in total. The second-order valence-electron chi connectivity index (χ2n) is 6.67. The molecule has 2 saturated heterocycles. The van der Waals surface area contributed by atoms with E-state index in [2.05, 4.69) is 0 Å². The Kier molecular flexibility index (Phi) is 4.70. The molecule has 0 spiro atoms. The molecular formula is C17H23N3O5S. The predicted molar refractivity (Wildman–Crippen MR) is 94.1 cm³/mol. The van der Waals surface area contributed by atoms with Gasteiger partial charge in [0.1, 0.15) is 17.8 Å². The molecule has 0 aromatic heterocycles. The Morgan fingerprint density at radius 3 is 2.46 bits per heavy atom. The Balaban J connectivity index is 2.04. The summed E-state index contributed by atoms with van der Waals surface area (Å²) in [5, 5.41) is 0. The van der Waals surface area contributed by atoms with Gasteiger partial charge in [0.15, 0.2) is 0 Å². The molecule has 2 amide bonds. The van der Waals surface area contributed by atoms with Crippen molar-refractivity contribution in [2.45, 2.75) is 36.4 Å². The van der Waals surface area contributed by atoms with Crippen LogP contribution in [-0.2, 0) is 19.6 Å². The SMILES string of the molecule is COc1cccc(S(=O)(=O)N2CC[C@@H]3[C@H]2C(=O)N(C)[C@@H](C)C(=O)N3C)c1. The maximum atomic E-state index is 13.2. The molecule has 2 aliphatic rings. The number of fused-ring (bicyclic) bond motifs is 1. The Morgan fingerprint density at radius 2 is 1.81 bits per heavy atom. The molecule has 3 rings (SSSR count). The molecule has 142 valence electrons. The van der Waals surface area contributed by atoms with Crippen molar-refractivity contribution in [2.75, 3.05) is 27.7 Å². The molecule has 0 N–H and O–H groups in total. The smallest absolute Gasteiger partial charge is 0.245 e. The fraction of sp³-hybridized carbons (Fsp3) is 0.529. The van der Waals surface area contributed by atoms with E-state index in [1.54, 1.807) is 26.1 Å². The monoisotopic (exact) mass is 381 g/mol. The number of carbonyl (C=O) groups excluding carboxylic acids is 2. The summed E-state index contributed by atoms with van der Waals surface area (Å²) in [5.41, 5.74) is 0. The van der Waals surface area contributed by atoms with Crippen molar-refractivity contribution in [3.8, 4) is 5.75 Å². The van der Waals surface area contributed by atoms with Crippen LogP contribution < -0.4 is 4.74 Å². The van der Waals surface area contributed by atoms with Crippen molar-refractivity contribution < 1.29 is 22.7 Å². The lowest BCUT2D eigenvalue weighted by Gasteiger charge is -2.29. The lowest BCUT2D eigenvalue weighted by molar-refractivity contribution is -0.139. The summed E-state index contributed by atoms with van der Waals surface area (Å²) in [6, 6.07) is 4.15. The fourth-order valence-corrected chi connectivity index (χ4v) is 5.29. The fourth-order valence-electron chi connectivity index (χ4n) is 3.63. The third-order valence-corrected chi connectivity index (χ3v) is 7.23. The number of hydrogen-bond donors (Lipinski definition) is 0. The van der Waals surface area contributed by atoms with Crippen molar-refractivity contribution in [2.24, 2.45) is 0 Å². The third kappa shape index (κ3) is 2.75. The number of sulfonamides is 1. The number of benzene rings is 1. The van der Waals surface area contributed by atoms with Crippen molar-refractivity contribution in [1.82, 2.24) is 14.1 Å². The first-order valence-electron chi connectivity index (χ1n) is 8.39. The van der Waals surface area contributed by atoms with Crippen molar-refractivity contribution in [3.63, 3.8) is 0 Å². The van der Waals surface area contributed by atoms with E-state index in [-0.39, 0.29) is 23.3 Å². The highest BCUT2D eigenvalue weighted by atomic mass is 32.2. The standard InChI is InChI=1S/C17H23N3O5S/c1-11-16(21)19(3)14-8-9-20(15(14)17(22)18(11)2)26(23,24)13-7-5-6-12(10-13)25-4/h5-7,10-11,14-15H,8-9H2,1-4H3/t11-,14+,15-/m0/s1. The average Bonchev–Trinajstić information content (AvgIpc) is 3.08. The Morgan fingerprint density at radius 1 is 1.12 bits per heavy atom. The van der Waals surface area contributed by atoms with Gasteiger partial charge in [-0.25, -0.2) is 8.42 Å². The Bertz CT molecular complexity index is 841. The van der Waals surface area contributed by atoms with Crippen LogP contribution in [0.1, 0.15) is 13.3 Å². The number of carbonyl (C=O) groups is 2. The predicted octanol–water partition coefficient (Wildman–Crippen LogP) is 0.146. The van der Waals surface area contributed by atoms with Crippen LogP contribution in [0.2, 0.25) is 0 Å². The molecule has 2 aliphatic heterocycles. The van der Waals surface area contributed by atoms with Crippen LogP contribution in [0.3, 0.4) is 0 Å². The first-order chi connectivity index (χ1) is 12.2. The van der Waals surface area contributed by atoms with E-state index in [9.17, 15) is 18.0 Å². The van der Waals surface area contributed by atoms with Crippen LogP contribution in [0.25, 0.3) is 0 Å². The maximum Gasteiger partial charge on any atom is 0.245 e. The zero-order valence-corrected chi connectivity index (χ0v) is 16.1. The summed E-state index contributed by atoms with van der Waals surface area (Å²) in [7, 11) is 0.724. The number of methoxy groups -OCH3 is 1. The van der Waals surface area contributed by atoms with Gasteiger partial charge in [0.05, 0.1) is 18.0 Å². The van der Waals surface area contributed by atoms with Gasteiger partial charge in [-0.3, -0.25) is 9.59 Å². The number of amides is 2. The number of hydrogen-bond acceptors (Lipinski definition) is 5. The van der Waals surface area contributed by atoms with E-state index in [1.165, 1.54) is 40.4 Å². The minimum absolute atomic E-state index is 0.0687. The largest absolute Gasteiger partial charge is 0.497 e. The molecule has 0 radical (unpaired) electrons. The van der Waals surface area contributed by atoms with Crippen LogP contribution in [0.15, 0.2) is 29.2 Å². The molecule has 1 aromatic carbocycles. The number of rotatable bonds is 3. The lowest BCUT2D eigenvalue weighted by Crippen LogP contribution is -2.51. The molecule has 26 heavy (non-hydrogen) atoms. The summed E-state index contributed by atoms with van der Waals surface area (Å²) in [6.45, 7) is 1.83. The zero-order valence-electron chi connectivity index (χ0n) is 15.2. The van der Waals surface area contributed by atoms with Gasteiger partial charge in [0, 0.05) is 26.7 Å². The highest BCUT2D eigenvalue weighted by molar-refractivity contribution is 7.89. The van der Waals surface area contributed by atoms with Crippen LogP contribution in [0.5, 0.6) is 5.75 Å². The summed E-state index contributed by atoms with van der Waals surface area (Å²) in [4.78, 5) is 28.4. The molecule has 3 atom stereocenters. The molecule has 2 heterocycles. The van der Waals surface area contributed by atoms with Crippen molar-refractivity contribution in [3.05, 3.63) is 24.3 Å². The van der Waals surface area contributed by atoms with Gasteiger partial charge in [-0.05, 0) is 25.5 Å². The molecule has 0 bridgehead atoms. The molecule has 0 aliphatic carbocycles. The molecular weight excluding hydrogens is 358 g/mol. The quantitative estimate of drug-likeness (QED) is 0.744. The van der Waals surface area contributed by atoms with E-state index in [1.807, 2.05) is 0 Å². The van der Waals surface area contributed by atoms with Gasteiger partial charge < -0.3 is 14.5 Å². The summed E-state index contributed by atoms with van der Waals surface area (Å²) in [6.07, 6.45) is 0.419. The maximum absolute atomic E-state index is 13.2. The van der Waals surface area contributed by atoms with Gasteiger partial charge in [-0.2, -0.15) is 4.31 Å². The summed E-state index contributed by atoms with van der Waals surface area (Å²) >= 11 is 0. The molecule has 0 saturated carbocycles. The summed E-state index contributed by atoms with van der Waals surface area (Å²) in [5.74, 6) is -0.120. The molecule has 0 unspecified atom stereocenters. The van der Waals surface area contributed by atoms with E-state index >= 15 is 0 Å². The van der Waals surface area contributed by atoms with Gasteiger partial charge in [-0.1, -0.05) is 6.07 Å². The van der Waals surface area contributed by atoms with Crippen LogP contribution in [-0.4, -0.2) is 80.2 Å². The van der Waals surface area contributed by atoms with Gasteiger partial charge in [0.2, 0.25) is 21.8 Å². The van der Waals surface area contributed by atoms with Crippen molar-refractivity contribution in [1.29, 1.82) is 0 Å². The lowest BCUT2D eigenvalue weighted by atomic mass is 10.1. The minimum Gasteiger partial charge on any atom is -0.497 e. The van der Waals surface area contributed by atoms with E-state index in [4.69, 9.17) is 4.74 Å².